The minimum Gasteiger partial charge on any atom is -0.383 e. The molecule has 18 heavy (non-hydrogen) atoms. The Bertz CT molecular complexity index is 379. The van der Waals surface area contributed by atoms with Crippen LogP contribution in [0.15, 0.2) is 6.33 Å². The van der Waals surface area contributed by atoms with E-state index in [1.54, 1.807) is 0 Å². The highest BCUT2D eigenvalue weighted by Crippen LogP contribution is 2.14. The van der Waals surface area contributed by atoms with Crippen molar-refractivity contribution in [1.29, 1.82) is 0 Å². The lowest BCUT2D eigenvalue weighted by atomic mass is 10.3. The van der Waals surface area contributed by atoms with Gasteiger partial charge in [-0.15, -0.1) is 0 Å². The molecule has 0 aromatic carbocycles. The van der Waals surface area contributed by atoms with Crippen LogP contribution >= 0.6 is 0 Å². The normalized spacial score (nSPS) is 16.7. The van der Waals surface area contributed by atoms with E-state index in [-0.39, 0.29) is 0 Å². The molecule has 1 aliphatic heterocycles. The van der Waals surface area contributed by atoms with Crippen LogP contribution in [0.3, 0.4) is 0 Å². The highest BCUT2D eigenvalue weighted by atomic mass is 16.5. The molecule has 0 radical (unpaired) electrons. The van der Waals surface area contributed by atoms with Gasteiger partial charge in [-0.3, -0.25) is 4.90 Å². The van der Waals surface area contributed by atoms with Gasteiger partial charge in [0.1, 0.15) is 18.0 Å². The molecule has 6 nitrogen and oxygen atoms in total. The van der Waals surface area contributed by atoms with E-state index in [1.807, 2.05) is 6.92 Å². The largest absolute Gasteiger partial charge is 0.383 e. The predicted octanol–water partition coefficient (Wildman–Crippen LogP) is 0.501. The summed E-state index contributed by atoms with van der Waals surface area (Å²) < 4.78 is 5.32. The molecule has 1 aromatic heterocycles. The van der Waals surface area contributed by atoms with Crippen LogP contribution < -0.4 is 11.1 Å². The van der Waals surface area contributed by atoms with Gasteiger partial charge in [0, 0.05) is 25.2 Å². The highest BCUT2D eigenvalue weighted by Gasteiger charge is 2.09. The number of nitrogens with one attached hydrogen (secondary N) is 1. The first-order valence-electron chi connectivity index (χ1n) is 6.38. The number of nitrogen functional groups attached to an aromatic ring is 1. The zero-order valence-electron chi connectivity index (χ0n) is 10.9. The van der Waals surface area contributed by atoms with Crippen molar-refractivity contribution in [3.63, 3.8) is 0 Å². The predicted molar refractivity (Wildman–Crippen MR) is 71.5 cm³/mol. The quantitative estimate of drug-likeness (QED) is 0.742. The number of rotatable bonds is 5. The van der Waals surface area contributed by atoms with Crippen molar-refractivity contribution in [2.45, 2.75) is 13.3 Å². The molecule has 0 amide bonds. The van der Waals surface area contributed by atoms with Crippen LogP contribution in [0.5, 0.6) is 0 Å². The van der Waals surface area contributed by atoms with E-state index in [1.165, 1.54) is 6.33 Å². The minimum atomic E-state index is 0.542. The van der Waals surface area contributed by atoms with E-state index >= 15 is 0 Å². The van der Waals surface area contributed by atoms with E-state index in [9.17, 15) is 0 Å². The van der Waals surface area contributed by atoms with E-state index in [0.29, 0.717) is 5.82 Å². The van der Waals surface area contributed by atoms with E-state index < -0.39 is 0 Å². The third-order valence-electron chi connectivity index (χ3n) is 3.17. The van der Waals surface area contributed by atoms with Crippen molar-refractivity contribution in [3.05, 3.63) is 11.9 Å². The number of hydrogen-bond donors (Lipinski definition) is 2. The summed E-state index contributed by atoms with van der Waals surface area (Å²) in [6.45, 7) is 7.72. The second-order valence-electron chi connectivity index (χ2n) is 4.47. The van der Waals surface area contributed by atoms with Crippen molar-refractivity contribution in [2.24, 2.45) is 0 Å². The maximum absolute atomic E-state index is 5.73. The van der Waals surface area contributed by atoms with Gasteiger partial charge in [0.15, 0.2) is 0 Å². The second kappa shape index (κ2) is 6.51. The summed E-state index contributed by atoms with van der Waals surface area (Å²) in [6.07, 6.45) is 2.58. The van der Waals surface area contributed by atoms with E-state index in [0.717, 1.165) is 57.2 Å². The fourth-order valence-corrected chi connectivity index (χ4v) is 1.98. The summed E-state index contributed by atoms with van der Waals surface area (Å²) in [5.41, 5.74) is 6.65. The first kappa shape index (κ1) is 13.0. The van der Waals surface area contributed by atoms with Crippen LogP contribution in [0.25, 0.3) is 0 Å². The standard InChI is InChI=1S/C12H21N5O/c1-10-11(13)15-9-16-12(10)14-3-2-4-17-5-7-18-8-6-17/h9H,2-8H2,1H3,(H3,13,14,15,16). The van der Waals surface area contributed by atoms with Gasteiger partial charge in [0.05, 0.1) is 13.2 Å². The molecular weight excluding hydrogens is 230 g/mol. The van der Waals surface area contributed by atoms with Crippen LogP contribution in [-0.4, -0.2) is 54.3 Å². The van der Waals surface area contributed by atoms with Crippen molar-refractivity contribution in [1.82, 2.24) is 14.9 Å². The van der Waals surface area contributed by atoms with E-state index in [4.69, 9.17) is 10.5 Å². The van der Waals surface area contributed by atoms with Crippen molar-refractivity contribution in [2.75, 3.05) is 50.4 Å². The van der Waals surface area contributed by atoms with Gasteiger partial charge in [-0.2, -0.15) is 0 Å². The molecule has 1 fully saturated rings. The van der Waals surface area contributed by atoms with Gasteiger partial charge < -0.3 is 15.8 Å². The van der Waals surface area contributed by atoms with Crippen LogP contribution in [0.4, 0.5) is 11.6 Å². The molecule has 1 saturated heterocycles. The Balaban J connectivity index is 1.70. The van der Waals surface area contributed by atoms with Crippen molar-refractivity contribution >= 4 is 11.6 Å². The third-order valence-corrected chi connectivity index (χ3v) is 3.17. The number of ether oxygens (including phenoxy) is 1. The monoisotopic (exact) mass is 251 g/mol. The molecule has 2 heterocycles. The Morgan fingerprint density at radius 1 is 1.39 bits per heavy atom. The molecule has 0 saturated carbocycles. The molecule has 100 valence electrons. The summed E-state index contributed by atoms with van der Waals surface area (Å²) >= 11 is 0. The molecule has 3 N–H and O–H groups in total. The first-order chi connectivity index (χ1) is 8.77. The molecule has 1 aromatic rings. The summed E-state index contributed by atoms with van der Waals surface area (Å²) in [5, 5.41) is 3.30. The summed E-state index contributed by atoms with van der Waals surface area (Å²) in [5.74, 6) is 1.38. The number of hydrogen-bond acceptors (Lipinski definition) is 6. The molecule has 0 spiro atoms. The Labute approximate surface area is 108 Å². The first-order valence-corrected chi connectivity index (χ1v) is 6.38. The van der Waals surface area contributed by atoms with Gasteiger partial charge >= 0.3 is 0 Å². The van der Waals surface area contributed by atoms with Gasteiger partial charge in [0.2, 0.25) is 0 Å². The SMILES string of the molecule is Cc1c(N)ncnc1NCCCN1CCOCC1. The summed E-state index contributed by atoms with van der Waals surface area (Å²) in [4.78, 5) is 10.6. The fourth-order valence-electron chi connectivity index (χ4n) is 1.98. The Hall–Kier alpha value is -1.40. The van der Waals surface area contributed by atoms with Gasteiger partial charge in [-0.1, -0.05) is 0 Å². The Morgan fingerprint density at radius 2 is 2.17 bits per heavy atom. The number of morpholine rings is 1. The third kappa shape index (κ3) is 3.54. The average molecular weight is 251 g/mol. The van der Waals surface area contributed by atoms with Crippen molar-refractivity contribution in [3.8, 4) is 0 Å². The highest BCUT2D eigenvalue weighted by molar-refractivity contribution is 5.53. The number of anilines is 2. The van der Waals surface area contributed by atoms with Crippen LogP contribution in [-0.2, 0) is 4.74 Å². The molecule has 2 rings (SSSR count). The maximum atomic E-state index is 5.73. The molecular formula is C12H21N5O. The van der Waals surface area contributed by atoms with E-state index in [2.05, 4.69) is 20.2 Å². The van der Waals surface area contributed by atoms with Crippen LogP contribution in [0, 0.1) is 6.92 Å². The minimum absolute atomic E-state index is 0.542. The van der Waals surface area contributed by atoms with Gasteiger partial charge in [0.25, 0.3) is 0 Å². The average Bonchev–Trinajstić information content (AvgIpc) is 2.40. The lowest BCUT2D eigenvalue weighted by molar-refractivity contribution is 0.0378. The Morgan fingerprint density at radius 3 is 2.94 bits per heavy atom. The zero-order chi connectivity index (χ0) is 12.8. The Kier molecular flexibility index (Phi) is 4.72. The topological polar surface area (TPSA) is 76.3 Å². The molecule has 6 heteroatoms. The molecule has 0 atom stereocenters. The number of nitrogens with zero attached hydrogens (tertiary/aromatic N) is 3. The smallest absolute Gasteiger partial charge is 0.134 e. The molecule has 0 aliphatic carbocycles. The van der Waals surface area contributed by atoms with Gasteiger partial charge in [-0.25, -0.2) is 9.97 Å². The fraction of sp³-hybridized carbons (Fsp3) is 0.667. The van der Waals surface area contributed by atoms with Crippen LogP contribution in [0.1, 0.15) is 12.0 Å². The second-order valence-corrected chi connectivity index (χ2v) is 4.47. The van der Waals surface area contributed by atoms with Crippen molar-refractivity contribution < 1.29 is 4.74 Å². The summed E-state index contributed by atoms with van der Waals surface area (Å²) in [6, 6.07) is 0. The van der Waals surface area contributed by atoms with Gasteiger partial charge in [-0.05, 0) is 19.9 Å². The number of aromatic nitrogens is 2. The maximum Gasteiger partial charge on any atom is 0.134 e. The molecule has 0 bridgehead atoms. The number of nitrogens with two attached hydrogens (primary N) is 1. The van der Waals surface area contributed by atoms with Crippen LogP contribution in [0.2, 0.25) is 0 Å². The lowest BCUT2D eigenvalue weighted by Crippen LogP contribution is -2.37. The summed E-state index contributed by atoms with van der Waals surface area (Å²) in [7, 11) is 0. The zero-order valence-corrected chi connectivity index (χ0v) is 10.9. The molecule has 1 aliphatic rings. The molecule has 0 unspecified atom stereocenters. The lowest BCUT2D eigenvalue weighted by Gasteiger charge is -2.26.